The number of anilines is 1. The molecule has 1 atom stereocenters. The Morgan fingerprint density at radius 3 is 2.21 bits per heavy atom. The van der Waals surface area contributed by atoms with Crippen LogP contribution in [0.3, 0.4) is 0 Å². The highest BCUT2D eigenvalue weighted by atomic mass is 16.6. The standard InChI is InChI=1S/C25H38N2O2/c1-18(2)23-17-29-25(28)27(23)24-15-9-14-21(26-24)16-22(19-10-5-3-6-11-19)20-12-7-4-8-13-20/h9,14-15,18-20,22-23H,3-8,10-13,16-17H2,1-2H3/t23-/m1/s1. The highest BCUT2D eigenvalue weighted by Gasteiger charge is 2.37. The summed E-state index contributed by atoms with van der Waals surface area (Å²) < 4.78 is 5.35. The number of amides is 1. The van der Waals surface area contributed by atoms with E-state index in [9.17, 15) is 4.79 Å². The van der Waals surface area contributed by atoms with Gasteiger partial charge in [-0.1, -0.05) is 84.1 Å². The number of ether oxygens (including phenoxy) is 1. The lowest BCUT2D eigenvalue weighted by atomic mass is 9.68. The van der Waals surface area contributed by atoms with Gasteiger partial charge in [-0.2, -0.15) is 0 Å². The van der Waals surface area contributed by atoms with Crippen LogP contribution < -0.4 is 4.90 Å². The zero-order valence-corrected chi connectivity index (χ0v) is 18.3. The number of nitrogens with zero attached hydrogens (tertiary/aromatic N) is 2. The molecule has 0 N–H and O–H groups in total. The number of pyridine rings is 1. The van der Waals surface area contributed by atoms with Crippen LogP contribution in [0.4, 0.5) is 10.6 Å². The molecule has 1 amide bonds. The Hall–Kier alpha value is -1.58. The zero-order valence-electron chi connectivity index (χ0n) is 18.3. The van der Waals surface area contributed by atoms with Gasteiger partial charge >= 0.3 is 6.09 Å². The van der Waals surface area contributed by atoms with Crippen molar-refractivity contribution in [3.05, 3.63) is 23.9 Å². The van der Waals surface area contributed by atoms with Gasteiger partial charge in [-0.05, 0) is 42.2 Å². The van der Waals surface area contributed by atoms with E-state index in [-0.39, 0.29) is 12.1 Å². The topological polar surface area (TPSA) is 42.4 Å². The van der Waals surface area contributed by atoms with E-state index in [0.717, 1.165) is 35.7 Å². The largest absolute Gasteiger partial charge is 0.447 e. The van der Waals surface area contributed by atoms with E-state index in [4.69, 9.17) is 9.72 Å². The van der Waals surface area contributed by atoms with E-state index in [1.165, 1.54) is 64.2 Å². The molecule has 4 heteroatoms. The average molecular weight is 399 g/mol. The summed E-state index contributed by atoms with van der Waals surface area (Å²) >= 11 is 0. The Morgan fingerprint density at radius 2 is 1.62 bits per heavy atom. The lowest BCUT2D eigenvalue weighted by Crippen LogP contribution is -2.38. The summed E-state index contributed by atoms with van der Waals surface area (Å²) in [5.41, 5.74) is 1.16. The van der Waals surface area contributed by atoms with Crippen LogP contribution in [0.1, 0.15) is 83.7 Å². The highest BCUT2D eigenvalue weighted by molar-refractivity contribution is 5.89. The molecule has 160 valence electrons. The van der Waals surface area contributed by atoms with Crippen LogP contribution in [0.15, 0.2) is 18.2 Å². The predicted molar refractivity (Wildman–Crippen MR) is 117 cm³/mol. The van der Waals surface area contributed by atoms with Crippen molar-refractivity contribution in [3.8, 4) is 0 Å². The second-order valence-corrected chi connectivity index (χ2v) is 9.91. The fourth-order valence-electron chi connectivity index (χ4n) is 5.99. The van der Waals surface area contributed by atoms with Crippen molar-refractivity contribution in [2.24, 2.45) is 23.7 Å². The van der Waals surface area contributed by atoms with Crippen molar-refractivity contribution in [1.82, 2.24) is 4.98 Å². The molecule has 4 rings (SSSR count). The zero-order chi connectivity index (χ0) is 20.2. The average Bonchev–Trinajstić information content (AvgIpc) is 3.15. The van der Waals surface area contributed by atoms with Crippen molar-refractivity contribution in [3.63, 3.8) is 0 Å². The van der Waals surface area contributed by atoms with Gasteiger partial charge in [0.1, 0.15) is 12.4 Å². The summed E-state index contributed by atoms with van der Waals surface area (Å²) in [5, 5.41) is 0. The van der Waals surface area contributed by atoms with Crippen LogP contribution >= 0.6 is 0 Å². The number of rotatable bonds is 6. The molecule has 3 aliphatic rings. The van der Waals surface area contributed by atoms with Gasteiger partial charge in [0.05, 0.1) is 6.04 Å². The molecule has 0 aromatic carbocycles. The van der Waals surface area contributed by atoms with Crippen LogP contribution in [-0.2, 0) is 11.2 Å². The number of carbonyl (C=O) groups excluding carboxylic acids is 1. The van der Waals surface area contributed by atoms with Crippen LogP contribution in [-0.4, -0.2) is 23.7 Å². The minimum Gasteiger partial charge on any atom is -0.447 e. The lowest BCUT2D eigenvalue weighted by Gasteiger charge is -2.38. The first kappa shape index (κ1) is 20.7. The Balaban J connectivity index is 1.54. The molecule has 1 aliphatic heterocycles. The quantitative estimate of drug-likeness (QED) is 0.558. The Morgan fingerprint density at radius 1 is 1.00 bits per heavy atom. The number of aromatic nitrogens is 1. The fraction of sp³-hybridized carbons (Fsp3) is 0.760. The third kappa shape index (κ3) is 4.78. The Labute approximate surface area is 176 Å². The minimum absolute atomic E-state index is 0.0812. The molecule has 0 unspecified atom stereocenters. The maximum atomic E-state index is 12.4. The van der Waals surface area contributed by atoms with Gasteiger partial charge in [0.25, 0.3) is 0 Å². The van der Waals surface area contributed by atoms with E-state index >= 15 is 0 Å². The maximum absolute atomic E-state index is 12.4. The predicted octanol–water partition coefficient (Wildman–Crippen LogP) is 6.38. The second-order valence-electron chi connectivity index (χ2n) is 9.91. The highest BCUT2D eigenvalue weighted by Crippen LogP contribution is 2.41. The molecule has 1 aromatic heterocycles. The molecule has 3 fully saturated rings. The van der Waals surface area contributed by atoms with Gasteiger partial charge in [0.15, 0.2) is 0 Å². The van der Waals surface area contributed by atoms with E-state index in [1.54, 1.807) is 4.90 Å². The van der Waals surface area contributed by atoms with E-state index in [2.05, 4.69) is 26.0 Å². The summed E-state index contributed by atoms with van der Waals surface area (Å²) in [7, 11) is 0. The van der Waals surface area contributed by atoms with Crippen molar-refractivity contribution < 1.29 is 9.53 Å². The molecule has 4 nitrogen and oxygen atoms in total. The minimum atomic E-state index is -0.246. The molecular weight excluding hydrogens is 360 g/mol. The molecule has 2 saturated carbocycles. The van der Waals surface area contributed by atoms with E-state index < -0.39 is 0 Å². The molecule has 29 heavy (non-hydrogen) atoms. The van der Waals surface area contributed by atoms with Crippen molar-refractivity contribution in [1.29, 1.82) is 0 Å². The third-order valence-corrected chi connectivity index (χ3v) is 7.67. The SMILES string of the molecule is CC(C)[C@H]1COC(=O)N1c1cccc(CC(C2CCCCC2)C2CCCCC2)n1. The molecule has 1 saturated heterocycles. The smallest absolute Gasteiger partial charge is 0.415 e. The van der Waals surface area contributed by atoms with Crippen LogP contribution in [0, 0.1) is 23.7 Å². The number of cyclic esters (lactones) is 1. The van der Waals surface area contributed by atoms with Gasteiger partial charge in [-0.3, -0.25) is 4.90 Å². The first-order valence-electron chi connectivity index (χ1n) is 12.1. The van der Waals surface area contributed by atoms with Crippen LogP contribution in [0.5, 0.6) is 0 Å². The number of hydrogen-bond donors (Lipinski definition) is 0. The first-order valence-corrected chi connectivity index (χ1v) is 12.1. The molecule has 2 aliphatic carbocycles. The van der Waals surface area contributed by atoms with Crippen LogP contribution in [0.2, 0.25) is 0 Å². The van der Waals surface area contributed by atoms with Crippen LogP contribution in [0.25, 0.3) is 0 Å². The van der Waals surface area contributed by atoms with Gasteiger partial charge in [-0.15, -0.1) is 0 Å². The normalized spacial score (nSPS) is 24.5. The van der Waals surface area contributed by atoms with Crippen molar-refractivity contribution in [2.45, 2.75) is 90.5 Å². The summed E-state index contributed by atoms with van der Waals surface area (Å²) in [6.07, 6.45) is 14.8. The van der Waals surface area contributed by atoms with Gasteiger partial charge < -0.3 is 4.74 Å². The summed E-state index contributed by atoms with van der Waals surface area (Å²) in [6.45, 7) is 4.76. The summed E-state index contributed by atoms with van der Waals surface area (Å²) in [6, 6.07) is 6.31. The monoisotopic (exact) mass is 398 g/mol. The van der Waals surface area contributed by atoms with Crippen molar-refractivity contribution >= 4 is 11.9 Å². The second kappa shape index (κ2) is 9.49. The van der Waals surface area contributed by atoms with Gasteiger partial charge in [0, 0.05) is 5.69 Å². The van der Waals surface area contributed by atoms with Gasteiger partial charge in [0.2, 0.25) is 0 Å². The van der Waals surface area contributed by atoms with Crippen molar-refractivity contribution in [2.75, 3.05) is 11.5 Å². The molecule has 1 aromatic rings. The fourth-order valence-corrected chi connectivity index (χ4v) is 5.99. The first-order chi connectivity index (χ1) is 14.1. The molecule has 2 heterocycles. The van der Waals surface area contributed by atoms with E-state index in [1.807, 2.05) is 6.07 Å². The molecular formula is C25H38N2O2. The molecule has 0 bridgehead atoms. The Kier molecular flexibility index (Phi) is 6.77. The Bertz CT molecular complexity index is 659. The number of hydrogen-bond acceptors (Lipinski definition) is 3. The number of carbonyl (C=O) groups is 1. The third-order valence-electron chi connectivity index (χ3n) is 7.67. The van der Waals surface area contributed by atoms with Gasteiger partial charge in [-0.25, -0.2) is 9.78 Å². The lowest BCUT2D eigenvalue weighted by molar-refractivity contribution is 0.142. The molecule has 0 spiro atoms. The maximum Gasteiger partial charge on any atom is 0.415 e. The summed E-state index contributed by atoms with van der Waals surface area (Å²) in [5.74, 6) is 3.60. The summed E-state index contributed by atoms with van der Waals surface area (Å²) in [4.78, 5) is 19.2. The van der Waals surface area contributed by atoms with E-state index in [0.29, 0.717) is 12.5 Å². The molecule has 0 radical (unpaired) electrons.